The Morgan fingerprint density at radius 2 is 2.23 bits per heavy atom. The molecule has 5 nitrogen and oxygen atoms in total. The molecule has 0 aromatic heterocycles. The summed E-state index contributed by atoms with van der Waals surface area (Å²) in [7, 11) is 1.48. The maximum atomic E-state index is 5.77. The second-order valence-corrected chi connectivity index (χ2v) is 3.37. The van der Waals surface area contributed by atoms with Gasteiger partial charge in [0.15, 0.2) is 5.79 Å². The minimum absolute atomic E-state index is 0.248. The summed E-state index contributed by atoms with van der Waals surface area (Å²) in [6.45, 7) is 4.43. The lowest BCUT2D eigenvalue weighted by molar-refractivity contribution is -0.197. The number of ether oxygens (including phenoxy) is 2. The molecule has 5 heteroatoms. The van der Waals surface area contributed by atoms with Crippen molar-refractivity contribution in [1.82, 2.24) is 0 Å². The maximum absolute atomic E-state index is 5.77. The molecular formula is C8H16N2O3. The van der Waals surface area contributed by atoms with Crippen LogP contribution < -0.4 is 5.73 Å². The van der Waals surface area contributed by atoms with Crippen LogP contribution >= 0.6 is 0 Å². The van der Waals surface area contributed by atoms with Crippen molar-refractivity contribution in [2.75, 3.05) is 20.3 Å². The largest absolute Gasteiger partial charge is 0.399 e. The van der Waals surface area contributed by atoms with Gasteiger partial charge in [0.25, 0.3) is 0 Å². The lowest BCUT2D eigenvalue weighted by Gasteiger charge is -2.22. The van der Waals surface area contributed by atoms with Gasteiger partial charge >= 0.3 is 0 Å². The fraction of sp³-hybridized carbons (Fsp3) is 0.875. The van der Waals surface area contributed by atoms with E-state index in [0.717, 1.165) is 0 Å². The molecule has 0 saturated carbocycles. The summed E-state index contributed by atoms with van der Waals surface area (Å²) >= 11 is 0. The molecule has 0 bridgehead atoms. The third-order valence-electron chi connectivity index (χ3n) is 1.81. The Kier molecular flexibility index (Phi) is 3.24. The van der Waals surface area contributed by atoms with E-state index in [9.17, 15) is 0 Å². The molecule has 76 valence electrons. The van der Waals surface area contributed by atoms with E-state index in [0.29, 0.717) is 18.9 Å². The summed E-state index contributed by atoms with van der Waals surface area (Å²) in [4.78, 5) is 4.65. The maximum Gasteiger partial charge on any atom is 0.163 e. The topological polar surface area (TPSA) is 66.1 Å². The highest BCUT2D eigenvalue weighted by atomic mass is 16.7. The van der Waals surface area contributed by atoms with E-state index in [2.05, 4.69) is 9.99 Å². The molecule has 0 spiro atoms. The molecule has 0 aromatic carbocycles. The average Bonchev–Trinajstić information content (AvgIpc) is 2.18. The highest BCUT2D eigenvalue weighted by Crippen LogP contribution is 2.15. The third kappa shape index (κ3) is 2.95. The van der Waals surface area contributed by atoms with Crippen LogP contribution in [0.15, 0.2) is 5.16 Å². The van der Waals surface area contributed by atoms with Crippen molar-refractivity contribution < 1.29 is 14.3 Å². The summed E-state index contributed by atoms with van der Waals surface area (Å²) in [5.74, 6) is -0.595. The van der Waals surface area contributed by atoms with E-state index >= 15 is 0 Å². The first-order valence-corrected chi connectivity index (χ1v) is 4.18. The van der Waals surface area contributed by atoms with Crippen molar-refractivity contribution in [3.8, 4) is 0 Å². The Morgan fingerprint density at radius 3 is 2.85 bits per heavy atom. The highest BCUT2D eigenvalue weighted by Gasteiger charge is 2.27. The Morgan fingerprint density at radius 1 is 1.54 bits per heavy atom. The lowest BCUT2D eigenvalue weighted by Crippen LogP contribution is -2.35. The number of rotatable bonds is 1. The molecule has 1 fully saturated rings. The number of hydrogen-bond donors (Lipinski definition) is 1. The molecule has 1 heterocycles. The van der Waals surface area contributed by atoms with Crippen LogP contribution in [0.2, 0.25) is 0 Å². The van der Waals surface area contributed by atoms with E-state index in [4.69, 9.17) is 15.2 Å². The van der Waals surface area contributed by atoms with E-state index in [1.54, 1.807) is 0 Å². The van der Waals surface area contributed by atoms with Crippen LogP contribution in [0.3, 0.4) is 0 Å². The van der Waals surface area contributed by atoms with Gasteiger partial charge in [0.2, 0.25) is 0 Å². The molecule has 13 heavy (non-hydrogen) atoms. The summed E-state index contributed by atoms with van der Waals surface area (Å²) in [6, 6.07) is -0.248. The van der Waals surface area contributed by atoms with Crippen molar-refractivity contribution in [3.05, 3.63) is 0 Å². The standard InChI is InChI=1S/C8H16N2O3/c1-8(2)12-4-6(9)7(5-13-8)10-11-3/h6H,4-5,9H2,1-3H3/b10-7+. The Balaban J connectivity index is 2.65. The van der Waals surface area contributed by atoms with E-state index in [1.165, 1.54) is 7.11 Å². The quantitative estimate of drug-likeness (QED) is 0.593. The first-order valence-electron chi connectivity index (χ1n) is 4.18. The van der Waals surface area contributed by atoms with Crippen molar-refractivity contribution in [2.24, 2.45) is 10.9 Å². The first-order chi connectivity index (χ1) is 6.05. The molecule has 0 amide bonds. The molecular weight excluding hydrogens is 172 g/mol. The molecule has 1 rings (SSSR count). The van der Waals surface area contributed by atoms with Crippen LogP contribution in [0.4, 0.5) is 0 Å². The van der Waals surface area contributed by atoms with Gasteiger partial charge in [-0.1, -0.05) is 5.16 Å². The van der Waals surface area contributed by atoms with Crippen LogP contribution in [-0.4, -0.2) is 37.9 Å². The fourth-order valence-corrected chi connectivity index (χ4v) is 0.994. The van der Waals surface area contributed by atoms with Gasteiger partial charge in [-0.3, -0.25) is 0 Å². The second-order valence-electron chi connectivity index (χ2n) is 3.37. The lowest BCUT2D eigenvalue weighted by atomic mass is 10.2. The Labute approximate surface area is 77.8 Å². The first kappa shape index (κ1) is 10.4. The van der Waals surface area contributed by atoms with E-state index in [1.807, 2.05) is 13.8 Å². The predicted molar refractivity (Wildman–Crippen MR) is 48.4 cm³/mol. The third-order valence-corrected chi connectivity index (χ3v) is 1.81. The zero-order valence-electron chi connectivity index (χ0n) is 8.24. The minimum atomic E-state index is -0.595. The van der Waals surface area contributed by atoms with Crippen molar-refractivity contribution in [2.45, 2.75) is 25.7 Å². The Hall–Kier alpha value is -0.650. The monoisotopic (exact) mass is 188 g/mol. The van der Waals surface area contributed by atoms with Gasteiger partial charge in [-0.05, 0) is 13.8 Å². The molecule has 0 aromatic rings. The van der Waals surface area contributed by atoms with Gasteiger partial charge in [-0.2, -0.15) is 0 Å². The van der Waals surface area contributed by atoms with Gasteiger partial charge in [-0.15, -0.1) is 0 Å². The van der Waals surface area contributed by atoms with Gasteiger partial charge in [-0.25, -0.2) is 0 Å². The summed E-state index contributed by atoms with van der Waals surface area (Å²) in [6.07, 6.45) is 0. The molecule has 1 aliphatic rings. The van der Waals surface area contributed by atoms with Gasteiger partial charge in [0, 0.05) is 0 Å². The minimum Gasteiger partial charge on any atom is -0.399 e. The number of nitrogens with zero attached hydrogens (tertiary/aromatic N) is 1. The number of nitrogens with two attached hydrogens (primary N) is 1. The van der Waals surface area contributed by atoms with Gasteiger partial charge < -0.3 is 20.0 Å². The van der Waals surface area contributed by atoms with E-state index in [-0.39, 0.29) is 6.04 Å². The fourth-order valence-electron chi connectivity index (χ4n) is 0.994. The average molecular weight is 188 g/mol. The number of oxime groups is 1. The van der Waals surface area contributed by atoms with Crippen LogP contribution in [0.1, 0.15) is 13.8 Å². The number of hydrogen-bond acceptors (Lipinski definition) is 5. The zero-order valence-corrected chi connectivity index (χ0v) is 8.24. The highest BCUT2D eigenvalue weighted by molar-refractivity contribution is 5.90. The predicted octanol–water partition coefficient (Wildman–Crippen LogP) is 0.0990. The Bertz CT molecular complexity index is 204. The van der Waals surface area contributed by atoms with Gasteiger partial charge in [0.05, 0.1) is 19.3 Å². The molecule has 1 saturated heterocycles. The van der Waals surface area contributed by atoms with Crippen LogP contribution in [0.25, 0.3) is 0 Å². The summed E-state index contributed by atoms with van der Waals surface area (Å²) < 4.78 is 10.8. The molecule has 1 unspecified atom stereocenters. The van der Waals surface area contributed by atoms with Crippen LogP contribution in [-0.2, 0) is 14.3 Å². The zero-order chi connectivity index (χ0) is 9.90. The second kappa shape index (κ2) is 4.04. The van der Waals surface area contributed by atoms with Crippen LogP contribution in [0, 0.1) is 0 Å². The molecule has 1 atom stereocenters. The molecule has 0 radical (unpaired) electrons. The normalized spacial score (nSPS) is 31.4. The van der Waals surface area contributed by atoms with E-state index < -0.39 is 5.79 Å². The summed E-state index contributed by atoms with van der Waals surface area (Å²) in [5, 5.41) is 3.78. The smallest absolute Gasteiger partial charge is 0.163 e. The van der Waals surface area contributed by atoms with Crippen molar-refractivity contribution in [1.29, 1.82) is 0 Å². The molecule has 0 aliphatic carbocycles. The van der Waals surface area contributed by atoms with Gasteiger partial charge in [0.1, 0.15) is 12.8 Å². The van der Waals surface area contributed by atoms with Crippen LogP contribution in [0.5, 0.6) is 0 Å². The molecule has 2 N–H and O–H groups in total. The summed E-state index contributed by atoms with van der Waals surface area (Å²) in [5.41, 5.74) is 6.44. The van der Waals surface area contributed by atoms with Crippen molar-refractivity contribution in [3.63, 3.8) is 0 Å². The van der Waals surface area contributed by atoms with Crippen molar-refractivity contribution >= 4 is 5.71 Å². The SMILES string of the molecule is CO/N=C1\COC(C)(C)OCC1N. The molecule has 1 aliphatic heterocycles.